The molecule has 4 rings (SSSR count). The van der Waals surface area contributed by atoms with Crippen molar-refractivity contribution in [2.75, 3.05) is 24.4 Å². The molecule has 0 atom stereocenters. The molecule has 1 aliphatic carbocycles. The Morgan fingerprint density at radius 3 is 2.22 bits per heavy atom. The number of hydrogen-bond donors (Lipinski definition) is 1. The standard InChI is InChI=1S/C25H33N3O3S/c1-4-27-15-13-23(14-16-27)28(22-11-12-22)25(29)20-7-9-21(10-8-20)26-32(30,31)24-17-18(2)5-6-19(24)3/h5-10,17,22-23,26H,4,11-16H2,1-3H3. The fourth-order valence-electron chi connectivity index (χ4n) is 4.53. The molecule has 1 saturated heterocycles. The van der Waals surface area contributed by atoms with E-state index in [1.165, 1.54) is 0 Å². The second-order valence-corrected chi connectivity index (χ2v) is 10.7. The number of benzene rings is 2. The van der Waals surface area contributed by atoms with Crippen molar-refractivity contribution in [1.29, 1.82) is 0 Å². The van der Waals surface area contributed by atoms with E-state index in [4.69, 9.17) is 0 Å². The van der Waals surface area contributed by atoms with Gasteiger partial charge in [-0.2, -0.15) is 0 Å². The Kier molecular flexibility index (Phi) is 6.58. The molecule has 172 valence electrons. The van der Waals surface area contributed by atoms with Crippen LogP contribution in [0.25, 0.3) is 0 Å². The quantitative estimate of drug-likeness (QED) is 0.680. The van der Waals surface area contributed by atoms with E-state index in [1.807, 2.05) is 19.1 Å². The number of nitrogens with one attached hydrogen (secondary N) is 1. The molecule has 1 aliphatic heterocycles. The third kappa shape index (κ3) is 4.99. The predicted molar refractivity (Wildman–Crippen MR) is 127 cm³/mol. The van der Waals surface area contributed by atoms with Crippen LogP contribution in [0.15, 0.2) is 47.4 Å². The lowest BCUT2D eigenvalue weighted by Gasteiger charge is -2.38. The summed E-state index contributed by atoms with van der Waals surface area (Å²) >= 11 is 0. The van der Waals surface area contributed by atoms with Crippen LogP contribution in [0.3, 0.4) is 0 Å². The van der Waals surface area contributed by atoms with E-state index in [1.54, 1.807) is 37.3 Å². The van der Waals surface area contributed by atoms with E-state index < -0.39 is 10.0 Å². The van der Waals surface area contributed by atoms with Gasteiger partial charge in [0.1, 0.15) is 0 Å². The molecule has 0 unspecified atom stereocenters. The summed E-state index contributed by atoms with van der Waals surface area (Å²) in [6.07, 6.45) is 4.19. The molecule has 0 spiro atoms. The zero-order chi connectivity index (χ0) is 22.9. The van der Waals surface area contributed by atoms with Gasteiger partial charge in [-0.1, -0.05) is 19.1 Å². The molecular formula is C25H33N3O3S. The summed E-state index contributed by atoms with van der Waals surface area (Å²) in [5.41, 5.74) is 2.66. The fraction of sp³-hybridized carbons (Fsp3) is 0.480. The van der Waals surface area contributed by atoms with Crippen LogP contribution in [-0.4, -0.2) is 55.8 Å². The molecule has 7 heteroatoms. The number of anilines is 1. The number of amides is 1. The molecule has 2 fully saturated rings. The summed E-state index contributed by atoms with van der Waals surface area (Å²) in [5.74, 6) is 0.0615. The molecule has 1 saturated carbocycles. The topological polar surface area (TPSA) is 69.7 Å². The molecule has 0 radical (unpaired) electrons. The van der Waals surface area contributed by atoms with Gasteiger partial charge in [0, 0.05) is 36.4 Å². The Labute approximate surface area is 191 Å². The van der Waals surface area contributed by atoms with Gasteiger partial charge in [0.05, 0.1) is 4.90 Å². The summed E-state index contributed by atoms with van der Waals surface area (Å²) in [4.78, 5) is 18.2. The Morgan fingerprint density at radius 2 is 1.62 bits per heavy atom. The minimum Gasteiger partial charge on any atom is -0.333 e. The van der Waals surface area contributed by atoms with E-state index in [-0.39, 0.29) is 10.8 Å². The van der Waals surface area contributed by atoms with Crippen LogP contribution in [-0.2, 0) is 10.0 Å². The van der Waals surface area contributed by atoms with Crippen LogP contribution in [0.4, 0.5) is 5.69 Å². The first-order chi connectivity index (χ1) is 15.3. The number of piperidine rings is 1. The van der Waals surface area contributed by atoms with Crippen molar-refractivity contribution in [2.24, 2.45) is 0 Å². The number of carbonyl (C=O) groups is 1. The highest BCUT2D eigenvalue weighted by Gasteiger charge is 2.38. The number of hydrogen-bond acceptors (Lipinski definition) is 4. The molecule has 2 aromatic rings. The first-order valence-corrected chi connectivity index (χ1v) is 13.0. The first-order valence-electron chi connectivity index (χ1n) is 11.5. The normalized spacial score (nSPS) is 17.8. The van der Waals surface area contributed by atoms with Gasteiger partial charge in [-0.15, -0.1) is 0 Å². The van der Waals surface area contributed by atoms with Crippen LogP contribution >= 0.6 is 0 Å². The smallest absolute Gasteiger partial charge is 0.262 e. The lowest BCUT2D eigenvalue weighted by Crippen LogP contribution is -2.48. The Bertz CT molecular complexity index is 1070. The highest BCUT2D eigenvalue weighted by molar-refractivity contribution is 7.92. The maximum Gasteiger partial charge on any atom is 0.262 e. The molecule has 0 bridgehead atoms. The van der Waals surface area contributed by atoms with Crippen molar-refractivity contribution in [2.45, 2.75) is 63.4 Å². The van der Waals surface area contributed by atoms with Gasteiger partial charge >= 0.3 is 0 Å². The second-order valence-electron chi connectivity index (χ2n) is 9.06. The average molecular weight is 456 g/mol. The van der Waals surface area contributed by atoms with E-state index in [0.717, 1.165) is 50.9 Å². The van der Waals surface area contributed by atoms with Crippen molar-refractivity contribution < 1.29 is 13.2 Å². The monoisotopic (exact) mass is 455 g/mol. The minimum atomic E-state index is -3.69. The van der Waals surface area contributed by atoms with Gasteiger partial charge in [0.2, 0.25) is 0 Å². The number of carbonyl (C=O) groups excluding carboxylic acids is 1. The number of nitrogens with zero attached hydrogens (tertiary/aromatic N) is 2. The SMILES string of the molecule is CCN1CCC(N(C(=O)c2ccc(NS(=O)(=O)c3cc(C)ccc3C)cc2)C2CC2)CC1. The first kappa shape index (κ1) is 22.8. The molecule has 1 amide bonds. The number of likely N-dealkylation sites (tertiary alicyclic amines) is 1. The van der Waals surface area contributed by atoms with Crippen molar-refractivity contribution in [3.8, 4) is 0 Å². The van der Waals surface area contributed by atoms with Gasteiger partial charge in [0.25, 0.3) is 15.9 Å². The van der Waals surface area contributed by atoms with E-state index >= 15 is 0 Å². The highest BCUT2D eigenvalue weighted by Crippen LogP contribution is 2.33. The third-order valence-electron chi connectivity index (χ3n) is 6.59. The van der Waals surface area contributed by atoms with Crippen LogP contribution < -0.4 is 4.72 Å². The lowest BCUT2D eigenvalue weighted by molar-refractivity contribution is 0.0554. The van der Waals surface area contributed by atoms with Crippen molar-refractivity contribution >= 4 is 21.6 Å². The van der Waals surface area contributed by atoms with Crippen LogP contribution in [0.2, 0.25) is 0 Å². The maximum absolute atomic E-state index is 13.4. The molecule has 2 aliphatic rings. The van der Waals surface area contributed by atoms with Crippen molar-refractivity contribution in [1.82, 2.24) is 9.80 Å². The Hall–Kier alpha value is -2.38. The summed E-state index contributed by atoms with van der Waals surface area (Å²) in [6.45, 7) is 8.97. The van der Waals surface area contributed by atoms with Crippen molar-refractivity contribution in [3.63, 3.8) is 0 Å². The van der Waals surface area contributed by atoms with Crippen LogP contribution in [0, 0.1) is 13.8 Å². The van der Waals surface area contributed by atoms with Gasteiger partial charge in [-0.3, -0.25) is 9.52 Å². The Balaban J connectivity index is 1.48. The second kappa shape index (κ2) is 9.24. The molecule has 2 aromatic carbocycles. The van der Waals surface area contributed by atoms with Gasteiger partial charge in [-0.05, 0) is 87.5 Å². The highest BCUT2D eigenvalue weighted by atomic mass is 32.2. The summed E-state index contributed by atoms with van der Waals surface area (Å²) in [5, 5.41) is 0. The molecular weight excluding hydrogens is 422 g/mol. The Morgan fingerprint density at radius 1 is 1.00 bits per heavy atom. The zero-order valence-corrected chi connectivity index (χ0v) is 20.0. The lowest BCUT2D eigenvalue weighted by atomic mass is 10.0. The minimum absolute atomic E-state index is 0.0615. The molecule has 0 aromatic heterocycles. The largest absolute Gasteiger partial charge is 0.333 e. The number of rotatable bonds is 7. The van der Waals surface area contributed by atoms with E-state index in [2.05, 4.69) is 21.4 Å². The molecule has 1 heterocycles. The van der Waals surface area contributed by atoms with Crippen molar-refractivity contribution in [3.05, 3.63) is 59.2 Å². The van der Waals surface area contributed by atoms with Gasteiger partial charge in [-0.25, -0.2) is 8.42 Å². The number of aryl methyl sites for hydroxylation is 2. The molecule has 6 nitrogen and oxygen atoms in total. The summed E-state index contributed by atoms with van der Waals surface area (Å²) in [6, 6.07) is 12.9. The molecule has 32 heavy (non-hydrogen) atoms. The van der Waals surface area contributed by atoms with Gasteiger partial charge in [0.15, 0.2) is 0 Å². The summed E-state index contributed by atoms with van der Waals surface area (Å²) in [7, 11) is -3.69. The van der Waals surface area contributed by atoms with E-state index in [0.29, 0.717) is 28.9 Å². The summed E-state index contributed by atoms with van der Waals surface area (Å²) < 4.78 is 28.4. The zero-order valence-electron chi connectivity index (χ0n) is 19.2. The van der Waals surface area contributed by atoms with Crippen LogP contribution in [0.5, 0.6) is 0 Å². The number of sulfonamides is 1. The van der Waals surface area contributed by atoms with E-state index in [9.17, 15) is 13.2 Å². The third-order valence-corrected chi connectivity index (χ3v) is 8.11. The fourth-order valence-corrected chi connectivity index (χ4v) is 5.92. The predicted octanol–water partition coefficient (Wildman–Crippen LogP) is 4.19. The molecule has 1 N–H and O–H groups in total. The average Bonchev–Trinajstić information content (AvgIpc) is 3.61. The van der Waals surface area contributed by atoms with Gasteiger partial charge < -0.3 is 9.80 Å². The maximum atomic E-state index is 13.4. The van der Waals surface area contributed by atoms with Crippen LogP contribution in [0.1, 0.15) is 54.1 Å².